The van der Waals surface area contributed by atoms with Crippen LogP contribution in [0.15, 0.2) is 29.2 Å². The van der Waals surface area contributed by atoms with Gasteiger partial charge in [0.05, 0.1) is 18.4 Å². The monoisotopic (exact) mass is 342 g/mol. The Morgan fingerprint density at radius 2 is 1.78 bits per heavy atom. The van der Waals surface area contributed by atoms with E-state index in [1.807, 2.05) is 0 Å². The van der Waals surface area contributed by atoms with Crippen LogP contribution in [-0.2, 0) is 30.8 Å². The van der Waals surface area contributed by atoms with Crippen molar-refractivity contribution in [2.75, 3.05) is 20.2 Å². The quantitative estimate of drug-likeness (QED) is 0.699. The summed E-state index contributed by atoms with van der Waals surface area (Å²) in [6, 6.07) is 6.19. The molecule has 0 spiro atoms. The van der Waals surface area contributed by atoms with Gasteiger partial charge in [-0.1, -0.05) is 19.1 Å². The predicted octanol–water partition coefficient (Wildman–Crippen LogP) is 0.678. The molecule has 1 aromatic carbocycles. The third-order valence-corrected chi connectivity index (χ3v) is 4.32. The number of amides is 1. The lowest BCUT2D eigenvalue weighted by Gasteiger charge is -2.21. The molecule has 1 aromatic rings. The molecular formula is C15H22N2O5S. The smallest absolute Gasteiger partial charge is 0.307 e. The van der Waals surface area contributed by atoms with Crippen LogP contribution in [-0.4, -0.2) is 45.4 Å². The number of sulfonamides is 1. The van der Waals surface area contributed by atoms with Crippen LogP contribution < -0.4 is 5.14 Å². The number of nitrogens with two attached hydrogens (primary N) is 1. The molecule has 0 saturated carbocycles. The molecule has 0 unspecified atom stereocenters. The summed E-state index contributed by atoms with van der Waals surface area (Å²) < 4.78 is 27.0. The third kappa shape index (κ3) is 6.37. The second-order valence-electron chi connectivity index (χ2n) is 5.00. The van der Waals surface area contributed by atoms with Gasteiger partial charge in [-0.3, -0.25) is 9.59 Å². The van der Waals surface area contributed by atoms with E-state index in [2.05, 4.69) is 4.74 Å². The second-order valence-corrected chi connectivity index (χ2v) is 6.56. The summed E-state index contributed by atoms with van der Waals surface area (Å²) in [5.41, 5.74) is 0.879. The summed E-state index contributed by atoms with van der Waals surface area (Å²) in [5.74, 6) is -0.411. The molecule has 0 aliphatic carbocycles. The molecule has 0 aromatic heterocycles. The van der Waals surface area contributed by atoms with Gasteiger partial charge in [0.2, 0.25) is 15.9 Å². The fraction of sp³-hybridized carbons (Fsp3) is 0.467. The maximum absolute atomic E-state index is 11.9. The Morgan fingerprint density at radius 3 is 2.26 bits per heavy atom. The molecule has 0 heterocycles. The predicted molar refractivity (Wildman–Crippen MR) is 85.0 cm³/mol. The van der Waals surface area contributed by atoms with Crippen LogP contribution in [0.25, 0.3) is 0 Å². The number of nitrogens with zero attached hydrogens (tertiary/aromatic N) is 1. The number of carbonyl (C=O) groups is 2. The molecule has 0 saturated heterocycles. The molecule has 8 heteroatoms. The Hall–Kier alpha value is -1.93. The summed E-state index contributed by atoms with van der Waals surface area (Å²) in [4.78, 5) is 24.8. The number of carbonyl (C=O) groups excluding carboxylic acids is 2. The number of esters is 1. The molecule has 0 aliphatic heterocycles. The zero-order valence-corrected chi connectivity index (χ0v) is 14.1. The molecule has 128 valence electrons. The highest BCUT2D eigenvalue weighted by Gasteiger charge is 2.14. The summed E-state index contributed by atoms with van der Waals surface area (Å²) in [6.45, 7) is 2.50. The molecule has 1 rings (SSSR count). The van der Waals surface area contributed by atoms with Crippen LogP contribution in [0.5, 0.6) is 0 Å². The van der Waals surface area contributed by atoms with Crippen molar-refractivity contribution in [3.05, 3.63) is 29.8 Å². The third-order valence-electron chi connectivity index (χ3n) is 3.39. The number of hydrogen-bond donors (Lipinski definition) is 1. The molecule has 7 nitrogen and oxygen atoms in total. The molecule has 0 aliphatic rings. The van der Waals surface area contributed by atoms with Crippen LogP contribution in [0.1, 0.15) is 25.3 Å². The van der Waals surface area contributed by atoms with Gasteiger partial charge in [0.25, 0.3) is 0 Å². The van der Waals surface area contributed by atoms with Gasteiger partial charge < -0.3 is 9.64 Å². The van der Waals surface area contributed by atoms with Gasteiger partial charge in [0.1, 0.15) is 0 Å². The highest BCUT2D eigenvalue weighted by atomic mass is 32.2. The topological polar surface area (TPSA) is 107 Å². The second kappa shape index (κ2) is 8.64. The number of benzene rings is 1. The first kappa shape index (κ1) is 19.1. The van der Waals surface area contributed by atoms with E-state index in [4.69, 9.17) is 5.14 Å². The number of ether oxygens (including phenoxy) is 1. The molecule has 2 N–H and O–H groups in total. The number of methoxy groups -OCH3 is 1. The Morgan fingerprint density at radius 1 is 1.17 bits per heavy atom. The van der Waals surface area contributed by atoms with Gasteiger partial charge in [0, 0.05) is 19.5 Å². The van der Waals surface area contributed by atoms with Gasteiger partial charge in [-0.2, -0.15) is 0 Å². The van der Waals surface area contributed by atoms with Crippen molar-refractivity contribution in [1.29, 1.82) is 0 Å². The lowest BCUT2D eigenvalue weighted by molar-refractivity contribution is -0.141. The van der Waals surface area contributed by atoms with E-state index >= 15 is 0 Å². The average molecular weight is 342 g/mol. The summed E-state index contributed by atoms with van der Waals surface area (Å²) >= 11 is 0. The van der Waals surface area contributed by atoms with Crippen molar-refractivity contribution >= 4 is 21.9 Å². The molecule has 0 atom stereocenters. The summed E-state index contributed by atoms with van der Waals surface area (Å²) in [7, 11) is -2.40. The van der Waals surface area contributed by atoms with Crippen LogP contribution in [0, 0.1) is 0 Å². The van der Waals surface area contributed by atoms with Crippen LogP contribution >= 0.6 is 0 Å². The van der Waals surface area contributed by atoms with E-state index in [-0.39, 0.29) is 23.2 Å². The van der Waals surface area contributed by atoms with Crippen molar-refractivity contribution in [2.24, 2.45) is 5.14 Å². The summed E-state index contributed by atoms with van der Waals surface area (Å²) in [5, 5.41) is 5.04. The van der Waals surface area contributed by atoms with Gasteiger partial charge >= 0.3 is 5.97 Å². The highest BCUT2D eigenvalue weighted by Crippen LogP contribution is 2.10. The molecule has 1 amide bonds. The first-order valence-corrected chi connectivity index (χ1v) is 8.79. The minimum absolute atomic E-state index is 0.0462. The lowest BCUT2D eigenvalue weighted by Crippen LogP contribution is -2.34. The minimum atomic E-state index is -3.71. The Kier molecular flexibility index (Phi) is 7.18. The van der Waals surface area contributed by atoms with Crippen LogP contribution in [0.4, 0.5) is 0 Å². The fourth-order valence-corrected chi connectivity index (χ4v) is 2.54. The Labute approximate surface area is 136 Å². The van der Waals surface area contributed by atoms with Crippen molar-refractivity contribution in [3.63, 3.8) is 0 Å². The molecule has 0 bridgehead atoms. The number of rotatable bonds is 8. The lowest BCUT2D eigenvalue weighted by atomic mass is 10.1. The van der Waals surface area contributed by atoms with E-state index in [0.717, 1.165) is 5.56 Å². The van der Waals surface area contributed by atoms with Gasteiger partial charge in [0.15, 0.2) is 0 Å². The zero-order valence-electron chi connectivity index (χ0n) is 13.3. The maximum atomic E-state index is 11.9. The van der Waals surface area contributed by atoms with Gasteiger partial charge in [-0.05, 0) is 24.1 Å². The van der Waals surface area contributed by atoms with Gasteiger partial charge in [-0.25, -0.2) is 13.6 Å². The van der Waals surface area contributed by atoms with Crippen LogP contribution in [0.3, 0.4) is 0 Å². The van der Waals surface area contributed by atoms with Crippen molar-refractivity contribution in [1.82, 2.24) is 4.90 Å². The molecule has 0 fully saturated rings. The van der Waals surface area contributed by atoms with Crippen molar-refractivity contribution < 1.29 is 22.7 Å². The van der Waals surface area contributed by atoms with Crippen molar-refractivity contribution in [3.8, 4) is 0 Å². The van der Waals surface area contributed by atoms with Gasteiger partial charge in [-0.15, -0.1) is 0 Å². The SMILES string of the molecule is CCC(=O)N(CCC(=O)OC)CCc1ccc(S(N)(=O)=O)cc1. The highest BCUT2D eigenvalue weighted by molar-refractivity contribution is 7.89. The standard InChI is InChI=1S/C15H22N2O5S/c1-3-14(18)17(11-9-15(19)22-2)10-8-12-4-6-13(7-5-12)23(16,20)21/h4-7H,3,8-11H2,1-2H3,(H2,16,20,21). The maximum Gasteiger partial charge on any atom is 0.307 e. The Bertz CT molecular complexity index is 640. The van der Waals surface area contributed by atoms with E-state index in [1.165, 1.54) is 19.2 Å². The van der Waals surface area contributed by atoms with E-state index < -0.39 is 10.0 Å². The van der Waals surface area contributed by atoms with E-state index in [0.29, 0.717) is 25.9 Å². The van der Waals surface area contributed by atoms with E-state index in [9.17, 15) is 18.0 Å². The fourth-order valence-electron chi connectivity index (χ4n) is 2.02. The largest absolute Gasteiger partial charge is 0.469 e. The number of primary sulfonamides is 1. The minimum Gasteiger partial charge on any atom is -0.469 e. The zero-order chi connectivity index (χ0) is 17.5. The van der Waals surface area contributed by atoms with Crippen molar-refractivity contribution in [2.45, 2.75) is 31.1 Å². The number of hydrogen-bond acceptors (Lipinski definition) is 5. The first-order chi connectivity index (χ1) is 10.8. The average Bonchev–Trinajstić information content (AvgIpc) is 2.53. The normalized spacial score (nSPS) is 11.1. The van der Waals surface area contributed by atoms with E-state index in [1.54, 1.807) is 24.0 Å². The molecule has 0 radical (unpaired) electrons. The molecular weight excluding hydrogens is 320 g/mol. The summed E-state index contributed by atoms with van der Waals surface area (Å²) in [6.07, 6.45) is 1.05. The van der Waals surface area contributed by atoms with Crippen LogP contribution in [0.2, 0.25) is 0 Å². The first-order valence-electron chi connectivity index (χ1n) is 7.24. The molecule has 23 heavy (non-hydrogen) atoms. The Balaban J connectivity index is 2.66.